The van der Waals surface area contributed by atoms with E-state index in [2.05, 4.69) is 21.2 Å². The minimum Gasteiger partial charge on any atom is -0.497 e. The van der Waals surface area contributed by atoms with Gasteiger partial charge >= 0.3 is 5.97 Å². The van der Waals surface area contributed by atoms with Gasteiger partial charge in [-0.1, -0.05) is 47.1 Å². The van der Waals surface area contributed by atoms with Crippen LogP contribution in [0, 0.1) is 5.92 Å². The SMILES string of the molecule is CCC(Cc1cccc(Br)c1)C(=O)NC(CCc1ccc(OC)cc1)C(=O)O. The molecule has 0 aromatic heterocycles. The van der Waals surface area contributed by atoms with Crippen molar-refractivity contribution < 1.29 is 19.4 Å². The maximum atomic E-state index is 12.7. The predicted octanol–water partition coefficient (Wildman–Crippen LogP) is 4.23. The van der Waals surface area contributed by atoms with Gasteiger partial charge in [0.1, 0.15) is 11.8 Å². The number of ether oxygens (including phenoxy) is 1. The molecule has 0 spiro atoms. The molecule has 2 atom stereocenters. The summed E-state index contributed by atoms with van der Waals surface area (Å²) in [5.41, 5.74) is 2.05. The normalized spacial score (nSPS) is 12.8. The lowest BCUT2D eigenvalue weighted by atomic mass is 9.95. The van der Waals surface area contributed by atoms with Gasteiger partial charge in [-0.25, -0.2) is 4.79 Å². The Kier molecular flexibility index (Phi) is 8.51. The number of rotatable bonds is 10. The number of halogens is 1. The van der Waals surface area contributed by atoms with Crippen LogP contribution in [0.4, 0.5) is 0 Å². The minimum atomic E-state index is -1.01. The highest BCUT2D eigenvalue weighted by Gasteiger charge is 2.24. The molecule has 0 saturated heterocycles. The van der Waals surface area contributed by atoms with Gasteiger partial charge in [-0.3, -0.25) is 4.79 Å². The first-order valence-corrected chi connectivity index (χ1v) is 10.1. The average Bonchev–Trinajstić information content (AvgIpc) is 2.69. The first-order chi connectivity index (χ1) is 13.4. The number of aryl methyl sites for hydroxylation is 1. The van der Waals surface area contributed by atoms with E-state index in [1.54, 1.807) is 7.11 Å². The molecule has 0 bridgehead atoms. The van der Waals surface area contributed by atoms with Crippen LogP contribution in [-0.4, -0.2) is 30.1 Å². The Bertz CT molecular complexity index is 791. The van der Waals surface area contributed by atoms with E-state index in [9.17, 15) is 14.7 Å². The van der Waals surface area contributed by atoms with Crippen LogP contribution in [0.1, 0.15) is 30.9 Å². The first kappa shape index (κ1) is 22.0. The topological polar surface area (TPSA) is 75.6 Å². The molecule has 150 valence electrons. The Morgan fingerprint density at radius 2 is 1.86 bits per heavy atom. The number of methoxy groups -OCH3 is 1. The van der Waals surface area contributed by atoms with E-state index in [1.165, 1.54) is 0 Å². The smallest absolute Gasteiger partial charge is 0.326 e. The van der Waals surface area contributed by atoms with Crippen LogP contribution in [0.2, 0.25) is 0 Å². The monoisotopic (exact) mass is 447 g/mol. The average molecular weight is 448 g/mol. The zero-order chi connectivity index (χ0) is 20.5. The molecule has 1 amide bonds. The zero-order valence-corrected chi connectivity index (χ0v) is 17.7. The quantitative estimate of drug-likeness (QED) is 0.571. The molecule has 2 N–H and O–H groups in total. The molecule has 5 nitrogen and oxygen atoms in total. The number of nitrogens with one attached hydrogen (secondary N) is 1. The van der Waals surface area contributed by atoms with Gasteiger partial charge in [-0.2, -0.15) is 0 Å². The third-order valence-electron chi connectivity index (χ3n) is 4.73. The Labute approximate surface area is 174 Å². The Balaban J connectivity index is 1.96. The molecule has 2 aromatic rings. The van der Waals surface area contributed by atoms with E-state index in [0.29, 0.717) is 25.7 Å². The fraction of sp³-hybridized carbons (Fsp3) is 0.364. The van der Waals surface area contributed by atoms with Crippen molar-refractivity contribution in [2.24, 2.45) is 5.92 Å². The number of carboxylic acids is 1. The van der Waals surface area contributed by atoms with Crippen molar-refractivity contribution in [2.45, 2.75) is 38.6 Å². The van der Waals surface area contributed by atoms with Crippen molar-refractivity contribution in [1.82, 2.24) is 5.32 Å². The number of hydrogen-bond acceptors (Lipinski definition) is 3. The van der Waals surface area contributed by atoms with Crippen molar-refractivity contribution in [3.05, 3.63) is 64.1 Å². The highest BCUT2D eigenvalue weighted by molar-refractivity contribution is 9.10. The molecule has 0 heterocycles. The molecular weight excluding hydrogens is 422 g/mol. The maximum absolute atomic E-state index is 12.7. The molecule has 6 heteroatoms. The summed E-state index contributed by atoms with van der Waals surface area (Å²) in [6, 6.07) is 14.4. The molecule has 2 unspecified atom stereocenters. The van der Waals surface area contributed by atoms with Crippen LogP contribution < -0.4 is 10.1 Å². The van der Waals surface area contributed by atoms with Gasteiger partial charge in [0.05, 0.1) is 7.11 Å². The van der Waals surface area contributed by atoms with E-state index in [4.69, 9.17) is 4.74 Å². The lowest BCUT2D eigenvalue weighted by molar-refractivity contribution is -0.142. The van der Waals surface area contributed by atoms with Crippen molar-refractivity contribution in [3.63, 3.8) is 0 Å². The number of benzene rings is 2. The highest BCUT2D eigenvalue weighted by atomic mass is 79.9. The fourth-order valence-electron chi connectivity index (χ4n) is 3.02. The van der Waals surface area contributed by atoms with Crippen molar-refractivity contribution >= 4 is 27.8 Å². The third-order valence-corrected chi connectivity index (χ3v) is 5.22. The number of carbonyl (C=O) groups excluding carboxylic acids is 1. The van der Waals surface area contributed by atoms with Crippen molar-refractivity contribution in [1.29, 1.82) is 0 Å². The molecule has 0 fully saturated rings. The molecule has 28 heavy (non-hydrogen) atoms. The summed E-state index contributed by atoms with van der Waals surface area (Å²) in [6.07, 6.45) is 2.11. The number of amides is 1. The van der Waals surface area contributed by atoms with Gasteiger partial charge in [-0.15, -0.1) is 0 Å². The van der Waals surface area contributed by atoms with Gasteiger partial charge < -0.3 is 15.2 Å². The second-order valence-corrected chi connectivity index (χ2v) is 7.64. The molecule has 0 aliphatic heterocycles. The number of aliphatic carboxylic acids is 1. The maximum Gasteiger partial charge on any atom is 0.326 e. The summed E-state index contributed by atoms with van der Waals surface area (Å²) in [6.45, 7) is 1.94. The Morgan fingerprint density at radius 1 is 1.14 bits per heavy atom. The summed E-state index contributed by atoms with van der Waals surface area (Å²) >= 11 is 3.44. The molecule has 0 aliphatic rings. The van der Waals surface area contributed by atoms with Gasteiger partial charge in [0.2, 0.25) is 5.91 Å². The molecule has 0 aliphatic carbocycles. The Morgan fingerprint density at radius 3 is 2.43 bits per heavy atom. The van der Waals surface area contributed by atoms with Crippen LogP contribution >= 0.6 is 15.9 Å². The van der Waals surface area contributed by atoms with Gasteiger partial charge in [0, 0.05) is 10.4 Å². The van der Waals surface area contributed by atoms with Gasteiger partial charge in [0.25, 0.3) is 0 Å². The second-order valence-electron chi connectivity index (χ2n) is 6.73. The van der Waals surface area contributed by atoms with Crippen LogP contribution in [0.3, 0.4) is 0 Å². The second kappa shape index (κ2) is 10.9. The van der Waals surface area contributed by atoms with E-state index >= 15 is 0 Å². The van der Waals surface area contributed by atoms with Crippen molar-refractivity contribution in [3.8, 4) is 5.75 Å². The van der Waals surface area contributed by atoms with Gasteiger partial charge in [-0.05, 0) is 61.1 Å². The third kappa shape index (κ3) is 6.68. The molecule has 0 saturated carbocycles. The first-order valence-electron chi connectivity index (χ1n) is 9.33. The van der Waals surface area contributed by atoms with Crippen LogP contribution in [0.5, 0.6) is 5.75 Å². The molecule has 2 aromatic carbocycles. The summed E-state index contributed by atoms with van der Waals surface area (Å²) < 4.78 is 6.09. The van der Waals surface area contributed by atoms with E-state index in [0.717, 1.165) is 21.3 Å². The number of carbonyl (C=O) groups is 2. The van der Waals surface area contributed by atoms with E-state index < -0.39 is 12.0 Å². The largest absolute Gasteiger partial charge is 0.497 e. The highest BCUT2D eigenvalue weighted by Crippen LogP contribution is 2.18. The molecular formula is C22H26BrNO4. The predicted molar refractivity (Wildman–Crippen MR) is 113 cm³/mol. The van der Waals surface area contributed by atoms with Crippen LogP contribution in [0.15, 0.2) is 53.0 Å². The zero-order valence-electron chi connectivity index (χ0n) is 16.2. The number of hydrogen-bond donors (Lipinski definition) is 2. The van der Waals surface area contributed by atoms with Gasteiger partial charge in [0.15, 0.2) is 0 Å². The van der Waals surface area contributed by atoms with E-state index in [1.807, 2.05) is 55.5 Å². The Hall–Kier alpha value is -2.34. The van der Waals surface area contributed by atoms with Crippen LogP contribution in [-0.2, 0) is 22.4 Å². The lowest BCUT2D eigenvalue weighted by Gasteiger charge is -2.20. The van der Waals surface area contributed by atoms with Crippen molar-refractivity contribution in [2.75, 3.05) is 7.11 Å². The summed E-state index contributed by atoms with van der Waals surface area (Å²) in [7, 11) is 1.60. The number of carboxylic acid groups (broad SMARTS) is 1. The van der Waals surface area contributed by atoms with Crippen LogP contribution in [0.25, 0.3) is 0 Å². The summed E-state index contributed by atoms with van der Waals surface area (Å²) in [4.78, 5) is 24.3. The fourth-order valence-corrected chi connectivity index (χ4v) is 3.47. The minimum absolute atomic E-state index is 0.218. The molecule has 0 radical (unpaired) electrons. The summed E-state index contributed by atoms with van der Waals surface area (Å²) in [5.74, 6) is -0.744. The lowest BCUT2D eigenvalue weighted by Crippen LogP contribution is -2.44. The van der Waals surface area contributed by atoms with E-state index in [-0.39, 0.29) is 11.8 Å². The standard InChI is InChI=1S/C22H26BrNO4/c1-3-17(13-16-5-4-6-18(23)14-16)21(25)24-20(22(26)27)12-9-15-7-10-19(28-2)11-8-15/h4-8,10-11,14,17,20H,3,9,12-13H2,1-2H3,(H,24,25)(H,26,27). The summed E-state index contributed by atoms with van der Waals surface area (Å²) in [5, 5.41) is 12.2. The molecule has 2 rings (SSSR count).